The summed E-state index contributed by atoms with van der Waals surface area (Å²) < 4.78 is 1.04. The quantitative estimate of drug-likeness (QED) is 0.874. The summed E-state index contributed by atoms with van der Waals surface area (Å²) in [6.45, 7) is 4.26. The minimum atomic E-state index is -0.440. The highest BCUT2D eigenvalue weighted by Gasteiger charge is 2.29. The average Bonchev–Trinajstić information content (AvgIpc) is 3.12. The fourth-order valence-corrected chi connectivity index (χ4v) is 2.45. The van der Waals surface area contributed by atoms with Gasteiger partial charge in [0.2, 0.25) is 0 Å². The topological polar surface area (TPSA) is 32.3 Å². The minimum absolute atomic E-state index is 0.0896. The zero-order valence-electron chi connectivity index (χ0n) is 10.4. The highest BCUT2D eigenvalue weighted by atomic mass is 79.9. The zero-order valence-corrected chi connectivity index (χ0v) is 11.9. The summed E-state index contributed by atoms with van der Waals surface area (Å²) in [6, 6.07) is 8.47. The first kappa shape index (κ1) is 13.1. The average molecular weight is 298 g/mol. The van der Waals surface area contributed by atoms with Crippen LogP contribution in [0.2, 0.25) is 0 Å². The maximum Gasteiger partial charge on any atom is 0.0940 e. The third kappa shape index (κ3) is 3.54. The van der Waals surface area contributed by atoms with E-state index in [1.807, 2.05) is 31.2 Å². The summed E-state index contributed by atoms with van der Waals surface area (Å²) in [5.41, 5.74) is 0.969. The maximum atomic E-state index is 10.3. The van der Waals surface area contributed by atoms with E-state index in [2.05, 4.69) is 28.2 Å². The van der Waals surface area contributed by atoms with E-state index in [1.165, 1.54) is 12.8 Å². The Labute approximate surface area is 112 Å². The summed E-state index contributed by atoms with van der Waals surface area (Å²) in [7, 11) is 0. The molecule has 0 bridgehead atoms. The summed E-state index contributed by atoms with van der Waals surface area (Å²) in [4.78, 5) is 0. The molecule has 3 heteroatoms. The number of aliphatic hydroxyl groups is 1. The lowest BCUT2D eigenvalue weighted by Crippen LogP contribution is -2.39. The lowest BCUT2D eigenvalue weighted by molar-refractivity contribution is 0.128. The Morgan fingerprint density at radius 3 is 2.35 bits per heavy atom. The predicted octanol–water partition coefficient (Wildman–Crippen LogP) is 3.26. The fourth-order valence-electron chi connectivity index (χ4n) is 2.19. The Balaban J connectivity index is 1.93. The molecule has 1 aromatic rings. The van der Waals surface area contributed by atoms with Crippen molar-refractivity contribution in [3.63, 3.8) is 0 Å². The number of nitrogens with one attached hydrogen (secondary N) is 1. The molecule has 2 nitrogen and oxygen atoms in total. The van der Waals surface area contributed by atoms with Gasteiger partial charge in [-0.2, -0.15) is 0 Å². The first-order chi connectivity index (χ1) is 8.08. The molecule has 94 valence electrons. The number of aliphatic hydroxyl groups excluding tert-OH is 1. The molecule has 0 radical (unpaired) electrons. The summed E-state index contributed by atoms with van der Waals surface area (Å²) >= 11 is 3.40. The normalized spacial score (nSPS) is 20.9. The molecular weight excluding hydrogens is 278 g/mol. The van der Waals surface area contributed by atoms with Gasteiger partial charge in [-0.3, -0.25) is 0 Å². The number of halogens is 1. The van der Waals surface area contributed by atoms with E-state index in [4.69, 9.17) is 0 Å². The Kier molecular flexibility index (Phi) is 4.23. The predicted molar refractivity (Wildman–Crippen MR) is 73.9 cm³/mol. The molecule has 2 N–H and O–H groups in total. The van der Waals surface area contributed by atoms with Crippen molar-refractivity contribution in [3.05, 3.63) is 34.3 Å². The Morgan fingerprint density at radius 2 is 1.82 bits per heavy atom. The minimum Gasteiger partial charge on any atom is -0.387 e. The second-order valence-corrected chi connectivity index (χ2v) is 5.99. The van der Waals surface area contributed by atoms with Crippen LogP contribution in [0.5, 0.6) is 0 Å². The van der Waals surface area contributed by atoms with E-state index < -0.39 is 6.10 Å². The summed E-state index contributed by atoms with van der Waals surface area (Å²) in [5.74, 6) is 0.814. The van der Waals surface area contributed by atoms with Crippen molar-refractivity contribution in [1.82, 2.24) is 5.32 Å². The Hall–Kier alpha value is -0.380. The van der Waals surface area contributed by atoms with Crippen LogP contribution in [0.4, 0.5) is 0 Å². The van der Waals surface area contributed by atoms with E-state index in [0.717, 1.165) is 16.0 Å². The molecule has 3 atom stereocenters. The van der Waals surface area contributed by atoms with Crippen LogP contribution in [0.15, 0.2) is 28.7 Å². The molecule has 1 aliphatic carbocycles. The van der Waals surface area contributed by atoms with E-state index in [-0.39, 0.29) is 6.04 Å². The van der Waals surface area contributed by atoms with Gasteiger partial charge in [-0.1, -0.05) is 28.1 Å². The van der Waals surface area contributed by atoms with Crippen LogP contribution in [-0.2, 0) is 0 Å². The largest absolute Gasteiger partial charge is 0.387 e. The number of benzene rings is 1. The van der Waals surface area contributed by atoms with Gasteiger partial charge < -0.3 is 10.4 Å². The van der Waals surface area contributed by atoms with Crippen LogP contribution in [0.1, 0.15) is 38.4 Å². The molecule has 3 unspecified atom stereocenters. The van der Waals surface area contributed by atoms with Gasteiger partial charge in [0.05, 0.1) is 6.10 Å². The van der Waals surface area contributed by atoms with Gasteiger partial charge in [0.15, 0.2) is 0 Å². The summed E-state index contributed by atoms with van der Waals surface area (Å²) in [5, 5.41) is 13.7. The molecule has 0 aromatic heterocycles. The first-order valence-corrected chi connectivity index (χ1v) is 7.07. The first-order valence-electron chi connectivity index (χ1n) is 6.27. The molecule has 0 amide bonds. The highest BCUT2D eigenvalue weighted by Crippen LogP contribution is 2.33. The molecule has 1 aliphatic rings. The van der Waals surface area contributed by atoms with Gasteiger partial charge in [-0.25, -0.2) is 0 Å². The number of rotatable bonds is 5. The second-order valence-electron chi connectivity index (χ2n) is 5.08. The molecule has 0 aliphatic heterocycles. The molecule has 0 saturated heterocycles. The molecular formula is C14H20BrNO. The van der Waals surface area contributed by atoms with Crippen molar-refractivity contribution in [2.45, 2.75) is 44.9 Å². The zero-order chi connectivity index (χ0) is 12.4. The van der Waals surface area contributed by atoms with Gasteiger partial charge in [0.1, 0.15) is 0 Å². The van der Waals surface area contributed by atoms with E-state index in [1.54, 1.807) is 0 Å². The molecule has 2 rings (SSSR count). The molecule has 0 spiro atoms. The SMILES string of the molecule is CC(NC(C)C(O)c1ccc(Br)cc1)C1CC1. The van der Waals surface area contributed by atoms with Crippen molar-refractivity contribution < 1.29 is 5.11 Å². The van der Waals surface area contributed by atoms with Crippen molar-refractivity contribution in [3.8, 4) is 0 Å². The van der Waals surface area contributed by atoms with Gasteiger partial charge in [0.25, 0.3) is 0 Å². The van der Waals surface area contributed by atoms with E-state index >= 15 is 0 Å². The summed E-state index contributed by atoms with van der Waals surface area (Å²) in [6.07, 6.45) is 2.22. The number of hydrogen-bond donors (Lipinski definition) is 2. The lowest BCUT2D eigenvalue weighted by atomic mass is 10.0. The van der Waals surface area contributed by atoms with Gasteiger partial charge in [0, 0.05) is 16.6 Å². The molecule has 1 saturated carbocycles. The lowest BCUT2D eigenvalue weighted by Gasteiger charge is -2.24. The van der Waals surface area contributed by atoms with Crippen LogP contribution in [0, 0.1) is 5.92 Å². The van der Waals surface area contributed by atoms with Crippen LogP contribution in [-0.4, -0.2) is 17.2 Å². The van der Waals surface area contributed by atoms with Gasteiger partial charge in [-0.15, -0.1) is 0 Å². The highest BCUT2D eigenvalue weighted by molar-refractivity contribution is 9.10. The molecule has 0 heterocycles. The van der Waals surface area contributed by atoms with E-state index in [9.17, 15) is 5.11 Å². The van der Waals surface area contributed by atoms with Crippen molar-refractivity contribution in [2.75, 3.05) is 0 Å². The molecule has 17 heavy (non-hydrogen) atoms. The van der Waals surface area contributed by atoms with E-state index in [0.29, 0.717) is 6.04 Å². The Bertz CT molecular complexity index is 361. The smallest absolute Gasteiger partial charge is 0.0940 e. The monoisotopic (exact) mass is 297 g/mol. The van der Waals surface area contributed by atoms with Crippen LogP contribution in [0.25, 0.3) is 0 Å². The molecule has 1 fully saturated rings. The third-order valence-electron chi connectivity index (χ3n) is 3.54. The van der Waals surface area contributed by atoms with Crippen LogP contribution >= 0.6 is 15.9 Å². The third-order valence-corrected chi connectivity index (χ3v) is 4.07. The van der Waals surface area contributed by atoms with Gasteiger partial charge in [-0.05, 0) is 50.3 Å². The van der Waals surface area contributed by atoms with Crippen molar-refractivity contribution >= 4 is 15.9 Å². The molecule has 1 aromatic carbocycles. The van der Waals surface area contributed by atoms with Crippen LogP contribution < -0.4 is 5.32 Å². The maximum absolute atomic E-state index is 10.3. The second kappa shape index (κ2) is 5.51. The number of hydrogen-bond acceptors (Lipinski definition) is 2. The van der Waals surface area contributed by atoms with Crippen molar-refractivity contribution in [1.29, 1.82) is 0 Å². The van der Waals surface area contributed by atoms with Crippen molar-refractivity contribution in [2.24, 2.45) is 5.92 Å². The van der Waals surface area contributed by atoms with Crippen LogP contribution in [0.3, 0.4) is 0 Å². The fraction of sp³-hybridized carbons (Fsp3) is 0.571. The van der Waals surface area contributed by atoms with Gasteiger partial charge >= 0.3 is 0 Å². The Morgan fingerprint density at radius 1 is 1.24 bits per heavy atom. The standard InChI is InChI=1S/C14H20BrNO/c1-9(11-3-4-11)16-10(2)14(17)12-5-7-13(15)8-6-12/h5-11,14,16-17H,3-4H2,1-2H3.